The zero-order valence-electron chi connectivity index (χ0n) is 13.2. The van der Waals surface area contributed by atoms with Gasteiger partial charge in [-0.25, -0.2) is 9.97 Å². The van der Waals surface area contributed by atoms with Crippen molar-refractivity contribution in [3.63, 3.8) is 0 Å². The van der Waals surface area contributed by atoms with Crippen LogP contribution in [0.5, 0.6) is 0 Å². The third kappa shape index (κ3) is 3.74. The molecule has 2 fully saturated rings. The van der Waals surface area contributed by atoms with E-state index in [1.54, 1.807) is 0 Å². The Morgan fingerprint density at radius 2 is 2.14 bits per heavy atom. The maximum atomic E-state index is 12.3. The molecule has 2 aliphatic heterocycles. The summed E-state index contributed by atoms with van der Waals surface area (Å²) in [5.74, 6) is 1.37. The minimum Gasteiger partial charge on any atom is -0.376 e. The fraction of sp³-hybridized carbons (Fsp3) is 0.688. The molecule has 3 rings (SSSR count). The Balaban J connectivity index is 1.66. The topological polar surface area (TPSA) is 67.3 Å². The molecule has 2 aliphatic rings. The number of anilines is 1. The summed E-state index contributed by atoms with van der Waals surface area (Å²) >= 11 is 0. The number of amides is 1. The molecular formula is C16H24N4O2. The van der Waals surface area contributed by atoms with Gasteiger partial charge in [0, 0.05) is 32.3 Å². The minimum absolute atomic E-state index is 0.140. The number of piperidine rings is 1. The van der Waals surface area contributed by atoms with Crippen LogP contribution in [-0.4, -0.2) is 48.2 Å². The minimum atomic E-state index is -0.140. The average molecular weight is 304 g/mol. The van der Waals surface area contributed by atoms with Crippen molar-refractivity contribution in [2.45, 2.75) is 45.1 Å². The van der Waals surface area contributed by atoms with Crippen molar-refractivity contribution >= 4 is 11.7 Å². The van der Waals surface area contributed by atoms with E-state index in [-0.39, 0.29) is 12.0 Å². The van der Waals surface area contributed by atoms with Crippen LogP contribution in [0.4, 0.5) is 5.82 Å². The Hall–Kier alpha value is -1.69. The molecule has 1 amide bonds. The number of rotatable bonds is 4. The van der Waals surface area contributed by atoms with E-state index < -0.39 is 0 Å². The Morgan fingerprint density at radius 1 is 1.32 bits per heavy atom. The van der Waals surface area contributed by atoms with E-state index in [4.69, 9.17) is 4.74 Å². The molecular weight excluding hydrogens is 280 g/mol. The van der Waals surface area contributed by atoms with Crippen molar-refractivity contribution < 1.29 is 9.53 Å². The van der Waals surface area contributed by atoms with Crippen LogP contribution < -0.4 is 10.2 Å². The summed E-state index contributed by atoms with van der Waals surface area (Å²) in [6, 6.07) is 1.81. The van der Waals surface area contributed by atoms with Gasteiger partial charge in [0.25, 0.3) is 5.91 Å². The van der Waals surface area contributed by atoms with Gasteiger partial charge in [-0.05, 0) is 39.0 Å². The molecule has 1 unspecified atom stereocenters. The number of aromatic nitrogens is 2. The van der Waals surface area contributed by atoms with Gasteiger partial charge in [-0.1, -0.05) is 0 Å². The SMILES string of the molecule is Cc1nc(C(=O)NCC2CCCO2)cc(N2CCCCC2)n1. The second-order valence-electron chi connectivity index (χ2n) is 6.05. The molecule has 6 heteroatoms. The van der Waals surface area contributed by atoms with Gasteiger partial charge in [0.15, 0.2) is 0 Å². The monoisotopic (exact) mass is 304 g/mol. The van der Waals surface area contributed by atoms with Crippen LogP contribution >= 0.6 is 0 Å². The highest BCUT2D eigenvalue weighted by Gasteiger charge is 2.19. The molecule has 6 nitrogen and oxygen atoms in total. The summed E-state index contributed by atoms with van der Waals surface area (Å²) in [5, 5.41) is 2.93. The summed E-state index contributed by atoms with van der Waals surface area (Å²) in [6.07, 6.45) is 5.88. The maximum absolute atomic E-state index is 12.3. The highest BCUT2D eigenvalue weighted by molar-refractivity contribution is 5.93. The lowest BCUT2D eigenvalue weighted by atomic mass is 10.1. The number of carbonyl (C=O) groups is 1. The molecule has 2 saturated heterocycles. The highest BCUT2D eigenvalue weighted by atomic mass is 16.5. The van der Waals surface area contributed by atoms with Gasteiger partial charge in [0.05, 0.1) is 6.10 Å². The Labute approximate surface area is 131 Å². The molecule has 1 aromatic heterocycles. The second kappa shape index (κ2) is 7.05. The van der Waals surface area contributed by atoms with E-state index in [2.05, 4.69) is 20.2 Å². The summed E-state index contributed by atoms with van der Waals surface area (Å²) < 4.78 is 5.53. The number of hydrogen-bond acceptors (Lipinski definition) is 5. The Bertz CT molecular complexity index is 523. The van der Waals surface area contributed by atoms with Crippen molar-refractivity contribution in [3.05, 3.63) is 17.6 Å². The molecule has 22 heavy (non-hydrogen) atoms. The van der Waals surface area contributed by atoms with Crippen molar-refractivity contribution in [2.24, 2.45) is 0 Å². The predicted octanol–water partition coefficient (Wildman–Crippen LogP) is 1.68. The lowest BCUT2D eigenvalue weighted by Crippen LogP contribution is -2.34. The van der Waals surface area contributed by atoms with E-state index in [1.807, 2.05) is 13.0 Å². The molecule has 3 heterocycles. The summed E-state index contributed by atoms with van der Waals surface area (Å²) in [6.45, 7) is 5.21. The molecule has 0 aliphatic carbocycles. The second-order valence-corrected chi connectivity index (χ2v) is 6.05. The van der Waals surface area contributed by atoms with Gasteiger partial charge in [-0.2, -0.15) is 0 Å². The first kappa shape index (κ1) is 15.2. The summed E-state index contributed by atoms with van der Waals surface area (Å²) in [7, 11) is 0. The Morgan fingerprint density at radius 3 is 2.86 bits per heavy atom. The fourth-order valence-corrected chi connectivity index (χ4v) is 3.06. The largest absolute Gasteiger partial charge is 0.376 e. The van der Waals surface area contributed by atoms with Crippen molar-refractivity contribution in [1.29, 1.82) is 0 Å². The molecule has 0 spiro atoms. The number of carbonyl (C=O) groups excluding carboxylic acids is 1. The third-order valence-electron chi connectivity index (χ3n) is 4.25. The van der Waals surface area contributed by atoms with Crippen LogP contribution in [0.2, 0.25) is 0 Å². The standard InChI is InChI=1S/C16H24N4O2/c1-12-18-14(16(21)17-11-13-6-5-9-22-13)10-15(19-12)20-7-3-2-4-8-20/h10,13H,2-9,11H2,1H3,(H,17,21). The number of aryl methyl sites for hydroxylation is 1. The van der Waals surface area contributed by atoms with Crippen LogP contribution in [0, 0.1) is 6.92 Å². The van der Waals surface area contributed by atoms with Gasteiger partial charge in [-0.3, -0.25) is 4.79 Å². The lowest BCUT2D eigenvalue weighted by Gasteiger charge is -2.28. The van der Waals surface area contributed by atoms with E-state index >= 15 is 0 Å². The van der Waals surface area contributed by atoms with Gasteiger partial charge < -0.3 is 15.0 Å². The van der Waals surface area contributed by atoms with Gasteiger partial charge in [0.1, 0.15) is 17.3 Å². The first-order valence-electron chi connectivity index (χ1n) is 8.23. The molecule has 0 aromatic carbocycles. The Kier molecular flexibility index (Phi) is 4.87. The summed E-state index contributed by atoms with van der Waals surface area (Å²) in [4.78, 5) is 23.3. The normalized spacial score (nSPS) is 21.9. The zero-order valence-corrected chi connectivity index (χ0v) is 13.2. The van der Waals surface area contributed by atoms with Gasteiger partial charge in [0.2, 0.25) is 0 Å². The highest BCUT2D eigenvalue weighted by Crippen LogP contribution is 2.18. The van der Waals surface area contributed by atoms with Crippen molar-refractivity contribution in [2.75, 3.05) is 31.1 Å². The first-order valence-corrected chi connectivity index (χ1v) is 8.23. The smallest absolute Gasteiger partial charge is 0.270 e. The number of nitrogens with one attached hydrogen (secondary N) is 1. The molecule has 0 saturated carbocycles. The van der Waals surface area contributed by atoms with E-state index in [0.717, 1.165) is 38.4 Å². The zero-order chi connectivity index (χ0) is 15.4. The van der Waals surface area contributed by atoms with Crippen molar-refractivity contribution in [3.8, 4) is 0 Å². The van der Waals surface area contributed by atoms with Crippen LogP contribution in [0.3, 0.4) is 0 Å². The van der Waals surface area contributed by atoms with Crippen LogP contribution in [0.15, 0.2) is 6.07 Å². The lowest BCUT2D eigenvalue weighted by molar-refractivity contribution is 0.0853. The van der Waals surface area contributed by atoms with E-state index in [9.17, 15) is 4.79 Å². The average Bonchev–Trinajstić information content (AvgIpc) is 3.06. The molecule has 1 aromatic rings. The van der Waals surface area contributed by atoms with E-state index in [1.165, 1.54) is 19.3 Å². The number of nitrogens with zero attached hydrogens (tertiary/aromatic N) is 3. The first-order chi connectivity index (χ1) is 10.7. The predicted molar refractivity (Wildman–Crippen MR) is 84.1 cm³/mol. The van der Waals surface area contributed by atoms with Crippen molar-refractivity contribution in [1.82, 2.24) is 15.3 Å². The van der Waals surface area contributed by atoms with Gasteiger partial charge >= 0.3 is 0 Å². The van der Waals surface area contributed by atoms with Gasteiger partial charge in [-0.15, -0.1) is 0 Å². The maximum Gasteiger partial charge on any atom is 0.270 e. The van der Waals surface area contributed by atoms with Crippen LogP contribution in [-0.2, 0) is 4.74 Å². The van der Waals surface area contributed by atoms with Crippen LogP contribution in [0.1, 0.15) is 48.4 Å². The number of hydrogen-bond donors (Lipinski definition) is 1. The van der Waals surface area contributed by atoms with Crippen LogP contribution in [0.25, 0.3) is 0 Å². The molecule has 1 N–H and O–H groups in total. The summed E-state index contributed by atoms with van der Waals surface area (Å²) in [5.41, 5.74) is 0.450. The quantitative estimate of drug-likeness (QED) is 0.917. The van der Waals surface area contributed by atoms with E-state index in [0.29, 0.717) is 18.1 Å². The molecule has 0 radical (unpaired) electrons. The number of ether oxygens (including phenoxy) is 1. The molecule has 120 valence electrons. The molecule has 0 bridgehead atoms. The third-order valence-corrected chi connectivity index (χ3v) is 4.25. The fourth-order valence-electron chi connectivity index (χ4n) is 3.06. The molecule has 1 atom stereocenters.